The summed E-state index contributed by atoms with van der Waals surface area (Å²) in [4.78, 5) is 11.1. The molecule has 1 aromatic carbocycles. The standard InChI is InChI=1S/C12H9ClO3S/c13-9-3-1-8(2-4-9)7-16-10-5-6-17-11(10)12(14)15/h1-6H,7H2,(H,14,15). The lowest BCUT2D eigenvalue weighted by Gasteiger charge is -2.05. The maximum Gasteiger partial charge on any atom is 0.349 e. The van der Waals surface area contributed by atoms with E-state index in [1.807, 2.05) is 12.1 Å². The van der Waals surface area contributed by atoms with Crippen molar-refractivity contribution >= 4 is 28.9 Å². The number of aromatic carboxylic acids is 1. The van der Waals surface area contributed by atoms with E-state index in [2.05, 4.69) is 0 Å². The third-order valence-corrected chi connectivity index (χ3v) is 3.27. The van der Waals surface area contributed by atoms with Gasteiger partial charge in [0.2, 0.25) is 0 Å². The van der Waals surface area contributed by atoms with Crippen molar-refractivity contribution in [1.29, 1.82) is 0 Å². The second-order valence-corrected chi connectivity index (χ2v) is 4.69. The van der Waals surface area contributed by atoms with Crippen LogP contribution in [0.5, 0.6) is 5.75 Å². The highest BCUT2D eigenvalue weighted by molar-refractivity contribution is 7.12. The van der Waals surface area contributed by atoms with E-state index in [1.165, 1.54) is 0 Å². The average Bonchev–Trinajstić information content (AvgIpc) is 2.76. The fourth-order valence-electron chi connectivity index (χ4n) is 1.31. The summed E-state index contributed by atoms with van der Waals surface area (Å²) in [6.45, 7) is 0.328. The number of carboxylic acid groups (broad SMARTS) is 1. The van der Waals surface area contributed by atoms with Crippen LogP contribution in [0, 0.1) is 0 Å². The van der Waals surface area contributed by atoms with Gasteiger partial charge in [-0.1, -0.05) is 23.7 Å². The van der Waals surface area contributed by atoms with E-state index in [4.69, 9.17) is 21.4 Å². The topological polar surface area (TPSA) is 46.5 Å². The van der Waals surface area contributed by atoms with Gasteiger partial charge < -0.3 is 9.84 Å². The van der Waals surface area contributed by atoms with Gasteiger partial charge in [0, 0.05) is 5.02 Å². The van der Waals surface area contributed by atoms with Crippen LogP contribution in [0.3, 0.4) is 0 Å². The molecule has 3 nitrogen and oxygen atoms in total. The number of hydrogen-bond donors (Lipinski definition) is 1. The minimum atomic E-state index is -0.967. The maximum absolute atomic E-state index is 10.9. The molecule has 1 heterocycles. The van der Waals surface area contributed by atoms with Crippen molar-refractivity contribution in [3.8, 4) is 5.75 Å². The van der Waals surface area contributed by atoms with Crippen LogP contribution in [-0.4, -0.2) is 11.1 Å². The molecule has 0 amide bonds. The molecule has 2 aromatic rings. The lowest BCUT2D eigenvalue weighted by atomic mass is 10.2. The SMILES string of the molecule is O=C(O)c1sccc1OCc1ccc(Cl)cc1. The second kappa shape index (κ2) is 5.21. The number of benzene rings is 1. The Bertz CT molecular complexity index is 519. The van der Waals surface area contributed by atoms with E-state index in [1.54, 1.807) is 23.6 Å². The summed E-state index contributed by atoms with van der Waals surface area (Å²) in [5, 5.41) is 11.3. The number of halogens is 1. The van der Waals surface area contributed by atoms with E-state index in [0.29, 0.717) is 17.4 Å². The molecule has 1 N–H and O–H groups in total. The Labute approximate surface area is 107 Å². The lowest BCUT2D eigenvalue weighted by Crippen LogP contribution is -1.99. The average molecular weight is 269 g/mol. The highest BCUT2D eigenvalue weighted by Gasteiger charge is 2.12. The van der Waals surface area contributed by atoms with Gasteiger partial charge in [-0.15, -0.1) is 11.3 Å². The molecular formula is C12H9ClO3S. The first kappa shape index (κ1) is 12.0. The zero-order valence-corrected chi connectivity index (χ0v) is 10.3. The molecule has 2 rings (SSSR count). The summed E-state index contributed by atoms with van der Waals surface area (Å²) in [5.41, 5.74) is 0.942. The van der Waals surface area contributed by atoms with Crippen molar-refractivity contribution in [3.63, 3.8) is 0 Å². The van der Waals surface area contributed by atoms with Crippen molar-refractivity contribution in [1.82, 2.24) is 0 Å². The Hall–Kier alpha value is -1.52. The molecule has 0 unspecified atom stereocenters. The van der Waals surface area contributed by atoms with Gasteiger partial charge in [0.05, 0.1) is 0 Å². The quantitative estimate of drug-likeness (QED) is 0.920. The predicted molar refractivity (Wildman–Crippen MR) is 67.1 cm³/mol. The van der Waals surface area contributed by atoms with Gasteiger partial charge in [0.1, 0.15) is 12.4 Å². The van der Waals surface area contributed by atoms with E-state index in [9.17, 15) is 4.79 Å². The normalized spacial score (nSPS) is 10.2. The molecule has 0 aliphatic rings. The van der Waals surface area contributed by atoms with Gasteiger partial charge in [0.25, 0.3) is 0 Å². The minimum absolute atomic E-state index is 0.221. The molecule has 0 saturated heterocycles. The fourth-order valence-corrected chi connectivity index (χ4v) is 2.11. The van der Waals surface area contributed by atoms with Crippen molar-refractivity contribution in [3.05, 3.63) is 51.2 Å². The summed E-state index contributed by atoms with van der Waals surface area (Å²) in [6, 6.07) is 8.88. The number of carbonyl (C=O) groups is 1. The van der Waals surface area contributed by atoms with Gasteiger partial charge in [-0.05, 0) is 29.1 Å². The van der Waals surface area contributed by atoms with Gasteiger partial charge >= 0.3 is 5.97 Å². The van der Waals surface area contributed by atoms with Crippen LogP contribution < -0.4 is 4.74 Å². The minimum Gasteiger partial charge on any atom is -0.487 e. The molecule has 0 fully saturated rings. The third-order valence-electron chi connectivity index (χ3n) is 2.13. The summed E-state index contributed by atoms with van der Waals surface area (Å²) >= 11 is 6.91. The molecule has 17 heavy (non-hydrogen) atoms. The Morgan fingerprint density at radius 1 is 1.29 bits per heavy atom. The molecule has 0 bridgehead atoms. The van der Waals surface area contributed by atoms with Crippen molar-refractivity contribution in [2.45, 2.75) is 6.61 Å². The number of hydrogen-bond acceptors (Lipinski definition) is 3. The van der Waals surface area contributed by atoms with Crippen LogP contribution >= 0.6 is 22.9 Å². The largest absolute Gasteiger partial charge is 0.487 e. The van der Waals surface area contributed by atoms with Crippen LogP contribution in [0.4, 0.5) is 0 Å². The van der Waals surface area contributed by atoms with Crippen LogP contribution in [0.15, 0.2) is 35.7 Å². The van der Waals surface area contributed by atoms with Crippen molar-refractivity contribution in [2.75, 3.05) is 0 Å². The Balaban J connectivity index is 2.05. The van der Waals surface area contributed by atoms with Crippen LogP contribution in [0.25, 0.3) is 0 Å². The summed E-state index contributed by atoms with van der Waals surface area (Å²) in [7, 11) is 0. The highest BCUT2D eigenvalue weighted by Crippen LogP contribution is 2.25. The smallest absolute Gasteiger partial charge is 0.349 e. The molecule has 0 aliphatic heterocycles. The predicted octanol–water partition coefficient (Wildman–Crippen LogP) is 3.68. The van der Waals surface area contributed by atoms with E-state index in [0.717, 1.165) is 16.9 Å². The van der Waals surface area contributed by atoms with E-state index >= 15 is 0 Å². The van der Waals surface area contributed by atoms with Gasteiger partial charge in [-0.2, -0.15) is 0 Å². The van der Waals surface area contributed by atoms with Gasteiger partial charge in [0.15, 0.2) is 4.88 Å². The van der Waals surface area contributed by atoms with E-state index in [-0.39, 0.29) is 4.88 Å². The zero-order valence-electron chi connectivity index (χ0n) is 8.72. The molecule has 88 valence electrons. The number of carboxylic acids is 1. The Kier molecular flexibility index (Phi) is 3.66. The third kappa shape index (κ3) is 2.99. The fraction of sp³-hybridized carbons (Fsp3) is 0.0833. The summed E-state index contributed by atoms with van der Waals surface area (Å²) in [6.07, 6.45) is 0. The second-order valence-electron chi connectivity index (χ2n) is 3.33. The first-order valence-corrected chi connectivity index (χ1v) is 6.10. The van der Waals surface area contributed by atoms with E-state index < -0.39 is 5.97 Å². The molecule has 0 aliphatic carbocycles. The van der Waals surface area contributed by atoms with Crippen LogP contribution in [-0.2, 0) is 6.61 Å². The summed E-state index contributed by atoms with van der Waals surface area (Å²) < 4.78 is 5.45. The van der Waals surface area contributed by atoms with Gasteiger partial charge in [-0.25, -0.2) is 4.79 Å². The number of rotatable bonds is 4. The number of thiophene rings is 1. The first-order chi connectivity index (χ1) is 8.16. The zero-order chi connectivity index (χ0) is 12.3. The van der Waals surface area contributed by atoms with Gasteiger partial charge in [-0.3, -0.25) is 0 Å². The summed E-state index contributed by atoms with van der Waals surface area (Å²) in [5.74, 6) is -0.566. The molecule has 0 saturated carbocycles. The molecule has 0 radical (unpaired) electrons. The Morgan fingerprint density at radius 3 is 2.65 bits per heavy atom. The molecular weight excluding hydrogens is 260 g/mol. The lowest BCUT2D eigenvalue weighted by molar-refractivity contribution is 0.0697. The van der Waals surface area contributed by atoms with Crippen LogP contribution in [0.1, 0.15) is 15.2 Å². The monoisotopic (exact) mass is 268 g/mol. The maximum atomic E-state index is 10.9. The molecule has 0 atom stereocenters. The molecule has 5 heteroatoms. The van der Waals surface area contributed by atoms with Crippen molar-refractivity contribution in [2.24, 2.45) is 0 Å². The van der Waals surface area contributed by atoms with Crippen LogP contribution in [0.2, 0.25) is 5.02 Å². The Morgan fingerprint density at radius 2 is 2.00 bits per heavy atom. The first-order valence-electron chi connectivity index (χ1n) is 4.85. The number of ether oxygens (including phenoxy) is 1. The molecule has 0 spiro atoms. The highest BCUT2D eigenvalue weighted by atomic mass is 35.5. The molecule has 1 aromatic heterocycles. The van der Waals surface area contributed by atoms with Crippen molar-refractivity contribution < 1.29 is 14.6 Å².